The molecule has 0 atom stereocenters. The number of aromatic hydroxyl groups is 1. The molecule has 0 amide bonds. The first-order valence-corrected chi connectivity index (χ1v) is 16.2. The van der Waals surface area contributed by atoms with Gasteiger partial charge in [-0.05, 0) is 72.3 Å². The molecule has 6 aromatic carbocycles. The Morgan fingerprint density at radius 2 is 1.17 bits per heavy atom. The van der Waals surface area contributed by atoms with Crippen LogP contribution < -0.4 is 23.8 Å². The maximum Gasteiger partial charge on any atom is 0.344 e. The zero-order chi connectivity index (χ0) is 38.3. The number of carbonyl (C=O) groups is 3. The Bertz CT molecular complexity index is 2260. The number of fused-ring (bicyclic) bond motifs is 1. The van der Waals surface area contributed by atoms with Crippen molar-refractivity contribution >= 4 is 28.7 Å². The smallest absolute Gasteiger partial charge is 0.344 e. The number of ether oxygens (including phenoxy) is 4. The van der Waals surface area contributed by atoms with Gasteiger partial charge in [0, 0.05) is 10.8 Å². The third-order valence-electron chi connectivity index (χ3n) is 7.46. The van der Waals surface area contributed by atoms with E-state index in [1.54, 1.807) is 60.7 Å². The Morgan fingerprint density at radius 1 is 0.593 bits per heavy atom. The molecule has 6 rings (SSSR count). The first-order chi connectivity index (χ1) is 26.2. The van der Waals surface area contributed by atoms with Crippen LogP contribution in [0.15, 0.2) is 133 Å². The zero-order valence-electron chi connectivity index (χ0n) is 28.4. The minimum Gasteiger partial charge on any atom is -0.508 e. The molecule has 0 aliphatic rings. The quantitative estimate of drug-likeness (QED) is 0.0249. The molecule has 0 aliphatic carbocycles. The van der Waals surface area contributed by atoms with E-state index in [0.29, 0.717) is 33.6 Å². The molecule has 54 heavy (non-hydrogen) atoms. The minimum absolute atomic E-state index is 0.0261. The zero-order valence-corrected chi connectivity index (χ0v) is 28.4. The molecule has 0 radical (unpaired) electrons. The Kier molecular flexibility index (Phi) is 13.0. The molecule has 0 bridgehead atoms. The molecule has 3 N–H and O–H groups in total. The molecule has 0 spiro atoms. The van der Waals surface area contributed by atoms with Gasteiger partial charge < -0.3 is 39.2 Å². The number of phenolic OH excluding ortho intramolecular Hbond substituents is 1. The lowest BCUT2D eigenvalue weighted by atomic mass is 10.1. The molecule has 6 aromatic rings. The summed E-state index contributed by atoms with van der Waals surface area (Å²) in [7, 11) is 0. The molecule has 0 fully saturated rings. The lowest BCUT2D eigenvalue weighted by Crippen LogP contribution is -2.14. The van der Waals surface area contributed by atoms with Crippen molar-refractivity contribution in [1.29, 1.82) is 0 Å². The fraction of sp³-hybridized carbons (Fsp3) is 0.0714. The number of carboxylic acids is 2. The lowest BCUT2D eigenvalue weighted by Gasteiger charge is -2.14. The highest BCUT2D eigenvalue weighted by atomic mass is 17.2. The van der Waals surface area contributed by atoms with E-state index in [0.717, 1.165) is 6.07 Å². The summed E-state index contributed by atoms with van der Waals surface area (Å²) in [5.41, 5.74) is -0.242. The predicted octanol–water partition coefficient (Wildman–Crippen LogP) is 7.79. The molecule has 0 heterocycles. The number of carboxylic acid groups (broad SMARTS) is 2. The number of hydrogen-bond acceptors (Lipinski definition) is 10. The Labute approximate surface area is 309 Å². The minimum atomic E-state index is -1.37. The molecule has 0 aliphatic heterocycles. The van der Waals surface area contributed by atoms with Crippen LogP contribution in [-0.2, 0) is 11.5 Å². The lowest BCUT2D eigenvalue weighted by molar-refractivity contribution is -0.216. The average molecular weight is 729 g/mol. The van der Waals surface area contributed by atoms with Crippen molar-refractivity contribution < 1.29 is 58.4 Å². The number of carbonyl (C=O) groups excluding carboxylic acids is 1. The van der Waals surface area contributed by atoms with Gasteiger partial charge in [-0.1, -0.05) is 73.2 Å². The molecular formula is C42H32O12. The van der Waals surface area contributed by atoms with Crippen LogP contribution in [0.5, 0.6) is 34.5 Å². The van der Waals surface area contributed by atoms with Crippen molar-refractivity contribution in [3.63, 3.8) is 0 Å². The fourth-order valence-electron chi connectivity index (χ4n) is 4.96. The van der Waals surface area contributed by atoms with Crippen molar-refractivity contribution in [3.05, 3.63) is 156 Å². The maximum absolute atomic E-state index is 13.0. The normalized spacial score (nSPS) is 10.2. The fourth-order valence-corrected chi connectivity index (χ4v) is 4.96. The average Bonchev–Trinajstić information content (AvgIpc) is 3.18. The summed E-state index contributed by atoms with van der Waals surface area (Å²) in [5, 5.41) is 29.0. The van der Waals surface area contributed by atoms with E-state index in [4.69, 9.17) is 40.3 Å². The van der Waals surface area contributed by atoms with Crippen molar-refractivity contribution in [1.82, 2.24) is 0 Å². The van der Waals surface area contributed by atoms with E-state index >= 15 is 0 Å². The second-order valence-corrected chi connectivity index (χ2v) is 11.0. The second kappa shape index (κ2) is 18.7. The molecule has 0 aromatic heterocycles. The highest BCUT2D eigenvalue weighted by molar-refractivity contribution is 6.04. The second-order valence-electron chi connectivity index (χ2n) is 11.0. The van der Waals surface area contributed by atoms with Gasteiger partial charge in [0.15, 0.2) is 5.75 Å². The van der Waals surface area contributed by atoms with Crippen LogP contribution in [-0.4, -0.2) is 46.4 Å². The number of esters is 1. The molecule has 272 valence electrons. The number of aromatic carboxylic acids is 2. The van der Waals surface area contributed by atoms with Crippen LogP contribution in [0.2, 0.25) is 0 Å². The third-order valence-corrected chi connectivity index (χ3v) is 7.46. The molecule has 0 unspecified atom stereocenters. The van der Waals surface area contributed by atoms with Crippen molar-refractivity contribution in [2.75, 3.05) is 13.2 Å². The summed E-state index contributed by atoms with van der Waals surface area (Å²) in [6.07, 6.45) is 7.05. The van der Waals surface area contributed by atoms with Gasteiger partial charge in [-0.15, -0.1) is 0 Å². The number of rotatable bonds is 14. The van der Waals surface area contributed by atoms with Crippen molar-refractivity contribution in [2.45, 2.75) is 6.61 Å². The number of hydrogen-bond donors (Lipinski definition) is 3. The first-order valence-electron chi connectivity index (χ1n) is 16.2. The summed E-state index contributed by atoms with van der Waals surface area (Å²) in [6, 6.07) is 36.1. The Morgan fingerprint density at radius 3 is 1.80 bits per heavy atom. The van der Waals surface area contributed by atoms with Crippen molar-refractivity contribution in [2.24, 2.45) is 0 Å². The number of benzene rings is 6. The highest BCUT2D eigenvalue weighted by Crippen LogP contribution is 2.34. The van der Waals surface area contributed by atoms with Gasteiger partial charge in [-0.3, -0.25) is 0 Å². The summed E-state index contributed by atoms with van der Waals surface area (Å²) >= 11 is 0. The first kappa shape index (κ1) is 37.8. The maximum atomic E-state index is 13.0. The van der Waals surface area contributed by atoms with Crippen LogP contribution in [0, 0.1) is 12.5 Å². The van der Waals surface area contributed by atoms with Gasteiger partial charge in [0.2, 0.25) is 0 Å². The molecule has 0 saturated heterocycles. The van der Waals surface area contributed by atoms with E-state index in [1.165, 1.54) is 30.3 Å². The highest BCUT2D eigenvalue weighted by Gasteiger charge is 2.21. The van der Waals surface area contributed by atoms with Gasteiger partial charge in [-0.2, -0.15) is 4.89 Å². The largest absolute Gasteiger partial charge is 0.508 e. The Balaban J connectivity index is 0.000000719. The summed E-state index contributed by atoms with van der Waals surface area (Å²) in [5.74, 6) is -1.60. The monoisotopic (exact) mass is 728 g/mol. The molecule has 12 heteroatoms. The van der Waals surface area contributed by atoms with Crippen LogP contribution in [0.3, 0.4) is 0 Å². The summed E-state index contributed by atoms with van der Waals surface area (Å²) in [4.78, 5) is 47.8. The van der Waals surface area contributed by atoms with Gasteiger partial charge in [-0.25, -0.2) is 14.4 Å². The Hall–Kier alpha value is -7.49. The van der Waals surface area contributed by atoms with E-state index < -0.39 is 17.9 Å². The summed E-state index contributed by atoms with van der Waals surface area (Å²) < 4.78 is 21.7. The molecule has 12 nitrogen and oxygen atoms in total. The van der Waals surface area contributed by atoms with E-state index in [-0.39, 0.29) is 53.8 Å². The van der Waals surface area contributed by atoms with Crippen LogP contribution in [0.4, 0.5) is 0 Å². The van der Waals surface area contributed by atoms with Gasteiger partial charge in [0.05, 0.1) is 16.7 Å². The van der Waals surface area contributed by atoms with E-state index in [2.05, 4.69) is 0 Å². The van der Waals surface area contributed by atoms with Gasteiger partial charge in [0.25, 0.3) is 0 Å². The van der Waals surface area contributed by atoms with Crippen LogP contribution in [0.1, 0.15) is 36.6 Å². The molecule has 0 saturated carbocycles. The standard InChI is InChI=1S/C36H26O11.C6H6O/c1-2-42-25-14-15-29(31(21-25)35(39)40)36(41)46-32-16-17-33(28-11-7-6-10-27(28)32)47-45-22-23-12-13-26(20-30(23)34(37)38)44-19-18-43-24-8-4-3-5-9-24;7-6-4-2-1-3-5-6/h1,3-17,20-21H,18-19,22H2,(H,37,38)(H,39,40);1-5,7H. The summed E-state index contributed by atoms with van der Waals surface area (Å²) in [6.45, 7) is 0.275. The van der Waals surface area contributed by atoms with E-state index in [1.807, 2.05) is 42.5 Å². The number of phenols is 1. The van der Waals surface area contributed by atoms with Gasteiger partial charge in [0.1, 0.15) is 54.7 Å². The van der Waals surface area contributed by atoms with Crippen LogP contribution in [0.25, 0.3) is 10.8 Å². The van der Waals surface area contributed by atoms with Crippen molar-refractivity contribution in [3.8, 4) is 47.0 Å². The number of para-hydroxylation sites is 2. The number of terminal acetylenes is 1. The predicted molar refractivity (Wildman–Crippen MR) is 196 cm³/mol. The van der Waals surface area contributed by atoms with Crippen LogP contribution >= 0.6 is 0 Å². The third kappa shape index (κ3) is 10.3. The topological polar surface area (TPSA) is 167 Å². The van der Waals surface area contributed by atoms with E-state index in [9.17, 15) is 24.6 Å². The van der Waals surface area contributed by atoms with Gasteiger partial charge >= 0.3 is 17.9 Å². The SMILES string of the molecule is C#COc1ccc(C(=O)Oc2ccc(OOCc3ccc(OCCOc4ccccc4)cc3C(=O)O)c3ccccc23)c(C(=O)O)c1.Oc1ccccc1. The molecular weight excluding hydrogens is 696 g/mol.